The zero-order chi connectivity index (χ0) is 17.7. The number of rotatable bonds is 2. The minimum absolute atomic E-state index is 0.571. The lowest BCUT2D eigenvalue weighted by Gasteiger charge is -2.30. The van der Waals surface area contributed by atoms with Crippen LogP contribution in [0.15, 0.2) is 71.3 Å². The van der Waals surface area contributed by atoms with Crippen LogP contribution in [-0.4, -0.2) is 22.1 Å². The van der Waals surface area contributed by atoms with E-state index < -0.39 is 6.29 Å². The van der Waals surface area contributed by atoms with Gasteiger partial charge in [-0.1, -0.05) is 30.3 Å². The van der Waals surface area contributed by atoms with E-state index in [9.17, 15) is 0 Å². The van der Waals surface area contributed by atoms with Crippen molar-refractivity contribution in [3.63, 3.8) is 0 Å². The predicted octanol–water partition coefficient (Wildman–Crippen LogP) is 1.57. The standard InChI is InChI=1S/C19H19N7/c20-19-25-18-16(10-26(19)21)23-12(9-22-18)8-11-4-3-7-15-17(11)13-5-1-2-6-14(13)24-15/h1-7,9-10,19,23-24H,8,20-21H2,(H,22,25). The van der Waals surface area contributed by atoms with E-state index in [1.807, 2.05) is 12.3 Å². The maximum absolute atomic E-state index is 5.84. The minimum atomic E-state index is -0.571. The molecule has 0 saturated heterocycles. The monoisotopic (exact) mass is 345 g/mol. The number of nitrogens with one attached hydrogen (secondary N) is 3. The van der Waals surface area contributed by atoms with Crippen LogP contribution in [-0.2, 0) is 6.42 Å². The maximum atomic E-state index is 5.84. The molecule has 5 rings (SSSR count). The first-order chi connectivity index (χ1) is 12.7. The number of hydrogen-bond donors (Lipinski definition) is 5. The van der Waals surface area contributed by atoms with Crippen molar-refractivity contribution < 1.29 is 0 Å². The molecular formula is C19H19N7. The highest BCUT2D eigenvalue weighted by Gasteiger charge is 2.22. The van der Waals surface area contributed by atoms with Crippen LogP contribution in [0.5, 0.6) is 0 Å². The van der Waals surface area contributed by atoms with E-state index in [1.165, 1.54) is 21.3 Å². The number of H-pyrrole nitrogens is 1. The Kier molecular flexibility index (Phi) is 3.24. The summed E-state index contributed by atoms with van der Waals surface area (Å²) in [4.78, 5) is 7.80. The molecule has 0 spiro atoms. The highest BCUT2D eigenvalue weighted by Crippen LogP contribution is 2.29. The Balaban J connectivity index is 1.53. The Labute approximate surface area is 150 Å². The number of para-hydroxylation sites is 1. The molecule has 26 heavy (non-hydrogen) atoms. The van der Waals surface area contributed by atoms with Crippen molar-refractivity contribution in [3.05, 3.63) is 71.8 Å². The summed E-state index contributed by atoms with van der Waals surface area (Å²) < 4.78 is 0. The van der Waals surface area contributed by atoms with Crippen molar-refractivity contribution in [1.29, 1.82) is 0 Å². The summed E-state index contributed by atoms with van der Waals surface area (Å²) in [6.07, 6.45) is 3.88. The fourth-order valence-electron chi connectivity index (χ4n) is 3.55. The summed E-state index contributed by atoms with van der Waals surface area (Å²) in [6, 6.07) is 14.7. The van der Waals surface area contributed by atoms with Gasteiger partial charge >= 0.3 is 0 Å². The van der Waals surface area contributed by atoms with Crippen molar-refractivity contribution in [2.24, 2.45) is 16.6 Å². The van der Waals surface area contributed by atoms with Gasteiger partial charge in [0.25, 0.3) is 0 Å². The molecular weight excluding hydrogens is 326 g/mol. The first-order valence-corrected chi connectivity index (χ1v) is 8.48. The molecule has 1 unspecified atom stereocenters. The number of fused-ring (bicyclic) bond motifs is 4. The molecule has 2 aliphatic heterocycles. The van der Waals surface area contributed by atoms with Crippen molar-refractivity contribution in [1.82, 2.24) is 20.6 Å². The van der Waals surface area contributed by atoms with Crippen LogP contribution < -0.4 is 22.2 Å². The predicted molar refractivity (Wildman–Crippen MR) is 103 cm³/mol. The highest BCUT2D eigenvalue weighted by molar-refractivity contribution is 6.09. The Morgan fingerprint density at radius 3 is 2.85 bits per heavy atom. The molecule has 130 valence electrons. The van der Waals surface area contributed by atoms with Gasteiger partial charge in [-0.05, 0) is 17.7 Å². The number of aromatic nitrogens is 1. The first kappa shape index (κ1) is 15.0. The zero-order valence-corrected chi connectivity index (χ0v) is 14.0. The van der Waals surface area contributed by atoms with Gasteiger partial charge in [-0.15, -0.1) is 0 Å². The van der Waals surface area contributed by atoms with Crippen LogP contribution in [0.1, 0.15) is 5.56 Å². The number of aliphatic imine (C=N–C) groups is 1. The molecule has 0 fully saturated rings. The molecule has 2 aliphatic rings. The minimum Gasteiger partial charge on any atom is -0.355 e. The van der Waals surface area contributed by atoms with E-state index in [1.54, 1.807) is 6.20 Å². The molecule has 1 aromatic heterocycles. The van der Waals surface area contributed by atoms with Gasteiger partial charge in [0.05, 0.1) is 5.70 Å². The molecule has 0 radical (unpaired) electrons. The van der Waals surface area contributed by atoms with Crippen LogP contribution >= 0.6 is 0 Å². The van der Waals surface area contributed by atoms with E-state index in [2.05, 4.69) is 57.0 Å². The maximum Gasteiger partial charge on any atom is 0.188 e. The number of nitrogens with two attached hydrogens (primary N) is 2. The topological polar surface area (TPSA) is 107 Å². The van der Waals surface area contributed by atoms with Crippen molar-refractivity contribution in [3.8, 4) is 0 Å². The van der Waals surface area contributed by atoms with E-state index in [0.29, 0.717) is 5.84 Å². The van der Waals surface area contributed by atoms with Crippen molar-refractivity contribution in [2.75, 3.05) is 0 Å². The molecule has 7 N–H and O–H groups in total. The van der Waals surface area contributed by atoms with Crippen molar-refractivity contribution in [2.45, 2.75) is 12.7 Å². The van der Waals surface area contributed by atoms with Crippen LogP contribution in [0.3, 0.4) is 0 Å². The average Bonchev–Trinajstić information content (AvgIpc) is 3.02. The van der Waals surface area contributed by atoms with E-state index in [0.717, 1.165) is 28.8 Å². The number of hydrazine groups is 1. The summed E-state index contributed by atoms with van der Waals surface area (Å²) in [5, 5.41) is 10.5. The van der Waals surface area contributed by atoms with Gasteiger partial charge in [0.15, 0.2) is 12.1 Å². The van der Waals surface area contributed by atoms with Crippen LogP contribution in [0, 0.1) is 0 Å². The van der Waals surface area contributed by atoms with Gasteiger partial charge in [0.2, 0.25) is 0 Å². The van der Waals surface area contributed by atoms with E-state index in [4.69, 9.17) is 11.6 Å². The van der Waals surface area contributed by atoms with Gasteiger partial charge in [-0.3, -0.25) is 10.7 Å². The van der Waals surface area contributed by atoms with Gasteiger partial charge in [0.1, 0.15) is 0 Å². The molecule has 0 saturated carbocycles. The molecule has 0 amide bonds. The second-order valence-electron chi connectivity index (χ2n) is 6.51. The number of nitrogens with zero attached hydrogens (tertiary/aromatic N) is 2. The zero-order valence-electron chi connectivity index (χ0n) is 14.0. The number of aromatic amines is 1. The third-order valence-corrected chi connectivity index (χ3v) is 4.78. The lowest BCUT2D eigenvalue weighted by atomic mass is 10.0. The Morgan fingerprint density at radius 2 is 1.92 bits per heavy atom. The Hall–Kier alpha value is -3.29. The number of allylic oxidation sites excluding steroid dienone is 1. The van der Waals surface area contributed by atoms with Crippen LogP contribution in [0.4, 0.5) is 0 Å². The van der Waals surface area contributed by atoms with Gasteiger partial charge in [-0.2, -0.15) is 0 Å². The lowest BCUT2D eigenvalue weighted by Crippen LogP contribution is -2.49. The van der Waals surface area contributed by atoms with Crippen LogP contribution in [0.25, 0.3) is 21.8 Å². The third-order valence-electron chi connectivity index (χ3n) is 4.78. The second kappa shape index (κ2) is 5.62. The molecule has 2 aromatic carbocycles. The highest BCUT2D eigenvalue weighted by atomic mass is 15.5. The molecule has 7 heteroatoms. The lowest BCUT2D eigenvalue weighted by molar-refractivity contribution is 0.290. The SMILES string of the molecule is NC1N=C2NC=C(Cc3cccc4[nH]c5ccccc5c34)NC2=CN1N. The molecule has 0 bridgehead atoms. The molecule has 0 aliphatic carbocycles. The average molecular weight is 345 g/mol. The normalized spacial score (nSPS) is 19.4. The summed E-state index contributed by atoms with van der Waals surface area (Å²) in [6.45, 7) is 0. The van der Waals surface area contributed by atoms with Crippen molar-refractivity contribution >= 4 is 27.6 Å². The molecule has 1 atom stereocenters. The van der Waals surface area contributed by atoms with Gasteiger partial charge < -0.3 is 15.6 Å². The summed E-state index contributed by atoms with van der Waals surface area (Å²) in [5.41, 5.74) is 11.2. The smallest absolute Gasteiger partial charge is 0.188 e. The molecule has 7 nitrogen and oxygen atoms in total. The molecule has 3 aromatic rings. The summed E-state index contributed by atoms with van der Waals surface area (Å²) >= 11 is 0. The fraction of sp³-hybridized carbons (Fsp3) is 0.105. The Bertz CT molecular complexity index is 1110. The van der Waals surface area contributed by atoms with E-state index in [-0.39, 0.29) is 0 Å². The summed E-state index contributed by atoms with van der Waals surface area (Å²) in [5.74, 6) is 6.54. The van der Waals surface area contributed by atoms with E-state index >= 15 is 0 Å². The third kappa shape index (κ3) is 2.33. The van der Waals surface area contributed by atoms with Gasteiger partial charge in [0, 0.05) is 46.3 Å². The number of amidine groups is 1. The second-order valence-corrected chi connectivity index (χ2v) is 6.51. The van der Waals surface area contributed by atoms with Gasteiger partial charge in [-0.25, -0.2) is 10.8 Å². The number of benzene rings is 2. The number of hydrogen-bond acceptors (Lipinski definition) is 6. The fourth-order valence-corrected chi connectivity index (χ4v) is 3.55. The molecule has 3 heterocycles. The summed E-state index contributed by atoms with van der Waals surface area (Å²) in [7, 11) is 0. The first-order valence-electron chi connectivity index (χ1n) is 8.48. The quantitative estimate of drug-likeness (QED) is 0.453. The largest absolute Gasteiger partial charge is 0.355 e. The van der Waals surface area contributed by atoms with Crippen LogP contribution in [0.2, 0.25) is 0 Å². The Morgan fingerprint density at radius 1 is 1.08 bits per heavy atom.